The van der Waals surface area contributed by atoms with Crippen LogP contribution in [0, 0.1) is 6.92 Å². The molecule has 1 saturated heterocycles. The lowest BCUT2D eigenvalue weighted by atomic mass is 9.80. The van der Waals surface area contributed by atoms with Gasteiger partial charge in [-0.1, -0.05) is 30.1 Å². The van der Waals surface area contributed by atoms with Crippen LogP contribution in [0.2, 0.25) is 5.15 Å². The minimum Gasteiger partial charge on any atom is -0.360 e. The van der Waals surface area contributed by atoms with E-state index in [1.807, 2.05) is 6.92 Å². The van der Waals surface area contributed by atoms with Crippen molar-refractivity contribution in [2.24, 2.45) is 0 Å². The van der Waals surface area contributed by atoms with Crippen molar-refractivity contribution >= 4 is 22.6 Å². The number of aryl methyl sites for hydroxylation is 1. The van der Waals surface area contributed by atoms with Crippen molar-refractivity contribution in [1.29, 1.82) is 0 Å². The van der Waals surface area contributed by atoms with E-state index in [0.29, 0.717) is 35.5 Å². The average Bonchev–Trinajstić information content (AvgIpc) is 3.45. The molecule has 1 fully saturated rings. The van der Waals surface area contributed by atoms with Gasteiger partial charge in [-0.2, -0.15) is 5.10 Å². The van der Waals surface area contributed by atoms with Gasteiger partial charge in [0, 0.05) is 17.7 Å². The van der Waals surface area contributed by atoms with Gasteiger partial charge in [0.2, 0.25) is 0 Å². The molecule has 4 heterocycles. The largest absolute Gasteiger partial charge is 0.360 e. The summed E-state index contributed by atoms with van der Waals surface area (Å²) in [7, 11) is 0. The molecule has 0 radical (unpaired) electrons. The summed E-state index contributed by atoms with van der Waals surface area (Å²) < 4.78 is 18.2. The molecule has 1 aliphatic carbocycles. The minimum atomic E-state index is -0.621. The van der Waals surface area contributed by atoms with Crippen LogP contribution in [0.3, 0.4) is 0 Å². The van der Waals surface area contributed by atoms with Crippen LogP contribution in [-0.2, 0) is 15.9 Å². The van der Waals surface area contributed by atoms with E-state index < -0.39 is 5.79 Å². The molecule has 0 aromatic carbocycles. The summed E-state index contributed by atoms with van der Waals surface area (Å²) in [5.74, 6) is 0.676. The molecule has 8 nitrogen and oxygen atoms in total. The molecule has 9 heteroatoms. The van der Waals surface area contributed by atoms with Gasteiger partial charge in [-0.15, -0.1) is 0 Å². The molecule has 1 unspecified atom stereocenters. The third-order valence-electron chi connectivity index (χ3n) is 6.00. The first kappa shape index (κ1) is 19.0. The maximum Gasteiger partial charge on any atom is 0.186 e. The molecule has 29 heavy (non-hydrogen) atoms. The van der Waals surface area contributed by atoms with Gasteiger partial charge in [0.1, 0.15) is 10.9 Å². The SMILES string of the molecule is CCCCC1(C2CCCc3c(-c4nc(Cl)c5c(C)[nH]nc5n4)noc32)OCCO1. The molecule has 2 aliphatic rings. The van der Waals surface area contributed by atoms with Crippen LogP contribution in [0.1, 0.15) is 62.0 Å². The lowest BCUT2D eigenvalue weighted by Crippen LogP contribution is -2.39. The Morgan fingerprint density at radius 3 is 2.86 bits per heavy atom. The molecule has 5 rings (SSSR count). The van der Waals surface area contributed by atoms with Crippen LogP contribution in [0.15, 0.2) is 4.52 Å². The second-order valence-corrected chi connectivity index (χ2v) is 8.17. The minimum absolute atomic E-state index is 0.0216. The first-order chi connectivity index (χ1) is 14.1. The Bertz CT molecular complexity index is 1040. The van der Waals surface area contributed by atoms with E-state index in [1.54, 1.807) is 0 Å². The number of halogens is 1. The van der Waals surface area contributed by atoms with Crippen LogP contribution in [0.4, 0.5) is 0 Å². The zero-order valence-corrected chi connectivity index (χ0v) is 17.4. The molecular formula is C20H24ClN5O3. The van der Waals surface area contributed by atoms with Crippen LogP contribution < -0.4 is 0 Å². The zero-order valence-electron chi connectivity index (χ0n) is 16.6. The lowest BCUT2D eigenvalue weighted by Gasteiger charge is -2.36. The van der Waals surface area contributed by atoms with Crippen LogP contribution in [0.5, 0.6) is 0 Å². The van der Waals surface area contributed by atoms with Crippen LogP contribution in [0.25, 0.3) is 22.6 Å². The maximum atomic E-state index is 6.41. The molecular weight excluding hydrogens is 394 g/mol. The first-order valence-corrected chi connectivity index (χ1v) is 10.7. The summed E-state index contributed by atoms with van der Waals surface area (Å²) in [4.78, 5) is 9.06. The normalized spacial score (nSPS) is 21.0. The third kappa shape index (κ3) is 3.05. The maximum absolute atomic E-state index is 6.41. The molecule has 1 aliphatic heterocycles. The van der Waals surface area contributed by atoms with Crippen molar-refractivity contribution in [1.82, 2.24) is 25.3 Å². The van der Waals surface area contributed by atoms with Crippen molar-refractivity contribution in [3.05, 3.63) is 22.2 Å². The van der Waals surface area contributed by atoms with E-state index in [-0.39, 0.29) is 5.92 Å². The highest BCUT2D eigenvalue weighted by Gasteiger charge is 2.48. The topological polar surface area (TPSA) is 99.0 Å². The van der Waals surface area contributed by atoms with Crippen molar-refractivity contribution in [2.75, 3.05) is 13.2 Å². The van der Waals surface area contributed by atoms with Crippen molar-refractivity contribution in [2.45, 2.75) is 64.1 Å². The highest BCUT2D eigenvalue weighted by molar-refractivity contribution is 6.34. The molecule has 1 N–H and O–H groups in total. The Morgan fingerprint density at radius 2 is 2.07 bits per heavy atom. The molecule has 3 aromatic heterocycles. The van der Waals surface area contributed by atoms with E-state index in [1.165, 1.54) is 0 Å². The summed E-state index contributed by atoms with van der Waals surface area (Å²) >= 11 is 6.41. The molecule has 3 aromatic rings. The Hall–Kier alpha value is -2.03. The Morgan fingerprint density at radius 1 is 1.24 bits per heavy atom. The van der Waals surface area contributed by atoms with Gasteiger partial charge in [-0.25, -0.2) is 9.97 Å². The van der Waals surface area contributed by atoms with E-state index in [0.717, 1.165) is 60.9 Å². The van der Waals surface area contributed by atoms with Gasteiger partial charge < -0.3 is 14.0 Å². The van der Waals surface area contributed by atoms with E-state index in [2.05, 4.69) is 32.2 Å². The number of nitrogens with one attached hydrogen (secondary N) is 1. The number of H-pyrrole nitrogens is 1. The number of rotatable bonds is 5. The smallest absolute Gasteiger partial charge is 0.186 e. The fourth-order valence-corrected chi connectivity index (χ4v) is 4.89. The number of hydrogen-bond donors (Lipinski definition) is 1. The second kappa shape index (κ2) is 7.34. The average molecular weight is 418 g/mol. The zero-order chi connectivity index (χ0) is 20.0. The Balaban J connectivity index is 1.56. The third-order valence-corrected chi connectivity index (χ3v) is 6.28. The quantitative estimate of drug-likeness (QED) is 0.617. The highest BCUT2D eigenvalue weighted by atomic mass is 35.5. The fourth-order valence-electron chi connectivity index (χ4n) is 4.58. The Kier molecular flexibility index (Phi) is 4.80. The van der Waals surface area contributed by atoms with E-state index >= 15 is 0 Å². The summed E-state index contributed by atoms with van der Waals surface area (Å²) in [5.41, 5.74) is 3.03. The molecule has 1 atom stereocenters. The summed E-state index contributed by atoms with van der Waals surface area (Å²) in [6, 6.07) is 0. The second-order valence-electron chi connectivity index (χ2n) is 7.82. The number of ether oxygens (including phenoxy) is 2. The van der Waals surface area contributed by atoms with Crippen LogP contribution >= 0.6 is 11.6 Å². The van der Waals surface area contributed by atoms with E-state index in [9.17, 15) is 0 Å². The number of nitrogens with zero attached hydrogens (tertiary/aromatic N) is 4. The standard InChI is InChI=1S/C20H24ClN5O3/c1-3-4-8-20(27-9-10-28-20)13-7-5-6-12-15(26-29-16(12)13)19-22-17(21)14-11(2)24-25-18(14)23-19/h13H,3-10H2,1-2H3,(H,22,23,24,25). The van der Waals surface area contributed by atoms with Gasteiger partial charge in [0.05, 0.1) is 24.5 Å². The molecule has 154 valence electrons. The fraction of sp³-hybridized carbons (Fsp3) is 0.600. The van der Waals surface area contributed by atoms with Crippen LogP contribution in [-0.4, -0.2) is 44.3 Å². The van der Waals surface area contributed by atoms with Gasteiger partial charge in [0.25, 0.3) is 0 Å². The number of unbranched alkanes of at least 4 members (excludes halogenated alkanes) is 1. The molecule has 0 bridgehead atoms. The highest BCUT2D eigenvalue weighted by Crippen LogP contribution is 2.47. The first-order valence-electron chi connectivity index (χ1n) is 10.3. The van der Waals surface area contributed by atoms with Gasteiger partial charge in [-0.3, -0.25) is 5.10 Å². The molecule has 0 saturated carbocycles. The molecule has 0 spiro atoms. The van der Waals surface area contributed by atoms with Crippen molar-refractivity contribution < 1.29 is 14.0 Å². The lowest BCUT2D eigenvalue weighted by molar-refractivity contribution is -0.186. The summed E-state index contributed by atoms with van der Waals surface area (Å²) in [5, 5.41) is 12.6. The summed E-state index contributed by atoms with van der Waals surface area (Å²) in [6.07, 6.45) is 5.79. The molecule has 0 amide bonds. The Labute approximate surface area is 173 Å². The van der Waals surface area contributed by atoms with Gasteiger partial charge in [0.15, 0.2) is 23.0 Å². The number of aromatic amines is 1. The number of aromatic nitrogens is 5. The number of hydrogen-bond acceptors (Lipinski definition) is 7. The predicted octanol–water partition coefficient (Wildman–Crippen LogP) is 4.32. The monoisotopic (exact) mass is 417 g/mol. The van der Waals surface area contributed by atoms with Gasteiger partial charge >= 0.3 is 0 Å². The van der Waals surface area contributed by atoms with Crippen molar-refractivity contribution in [3.63, 3.8) is 0 Å². The summed E-state index contributed by atoms with van der Waals surface area (Å²) in [6.45, 7) is 5.30. The van der Waals surface area contributed by atoms with E-state index in [4.69, 9.17) is 25.6 Å². The van der Waals surface area contributed by atoms with Gasteiger partial charge in [-0.05, 0) is 32.6 Å². The predicted molar refractivity (Wildman–Crippen MR) is 107 cm³/mol. The van der Waals surface area contributed by atoms with Crippen molar-refractivity contribution in [3.8, 4) is 11.5 Å². The number of fused-ring (bicyclic) bond motifs is 2.